The molecule has 20 heavy (non-hydrogen) atoms. The molecule has 0 radical (unpaired) electrons. The largest absolute Gasteiger partial charge is 0.353 e. The van der Waals surface area contributed by atoms with Crippen molar-refractivity contribution in [3.05, 3.63) is 24.0 Å². The Balaban J connectivity index is 1.74. The van der Waals surface area contributed by atoms with Gasteiger partial charge in [-0.2, -0.15) is 15.0 Å². The van der Waals surface area contributed by atoms with E-state index in [4.69, 9.17) is 11.6 Å². The standard InChI is InChI=1S/C13H17ClN6/c1-2-3-13(4-5-13)8-16-11-17-10(14)18-12(19-11)20-7-6-15-9-20/h6-7,9H,2-5,8H2,1H3,(H,16,17,18,19). The Morgan fingerprint density at radius 3 is 2.85 bits per heavy atom. The van der Waals surface area contributed by atoms with Gasteiger partial charge in [0.2, 0.25) is 17.2 Å². The number of nitrogens with one attached hydrogen (secondary N) is 1. The van der Waals surface area contributed by atoms with Crippen LogP contribution >= 0.6 is 11.6 Å². The van der Waals surface area contributed by atoms with Gasteiger partial charge in [0.05, 0.1) is 0 Å². The SMILES string of the molecule is CCCC1(CNc2nc(Cl)nc(-n3ccnc3)n2)CC1. The maximum absolute atomic E-state index is 5.96. The van der Waals surface area contributed by atoms with Crippen LogP contribution in [0, 0.1) is 5.41 Å². The lowest BCUT2D eigenvalue weighted by Gasteiger charge is -2.15. The van der Waals surface area contributed by atoms with E-state index >= 15 is 0 Å². The molecular formula is C13H17ClN6. The van der Waals surface area contributed by atoms with E-state index in [0.29, 0.717) is 17.3 Å². The van der Waals surface area contributed by atoms with E-state index in [2.05, 4.69) is 32.2 Å². The van der Waals surface area contributed by atoms with E-state index in [-0.39, 0.29) is 5.28 Å². The van der Waals surface area contributed by atoms with Gasteiger partial charge in [-0.25, -0.2) is 4.98 Å². The van der Waals surface area contributed by atoms with Gasteiger partial charge in [0.1, 0.15) is 6.33 Å². The quantitative estimate of drug-likeness (QED) is 0.886. The van der Waals surface area contributed by atoms with Crippen molar-refractivity contribution < 1.29 is 0 Å². The summed E-state index contributed by atoms with van der Waals surface area (Å²) >= 11 is 5.96. The van der Waals surface area contributed by atoms with Gasteiger partial charge >= 0.3 is 0 Å². The van der Waals surface area contributed by atoms with Crippen molar-refractivity contribution in [2.45, 2.75) is 32.6 Å². The van der Waals surface area contributed by atoms with Crippen molar-refractivity contribution in [3.63, 3.8) is 0 Å². The first-order chi connectivity index (χ1) is 9.71. The van der Waals surface area contributed by atoms with Crippen LogP contribution in [-0.2, 0) is 0 Å². The highest BCUT2D eigenvalue weighted by Gasteiger charge is 2.41. The minimum atomic E-state index is 0.187. The average Bonchev–Trinajstić information content (AvgIpc) is 2.99. The minimum absolute atomic E-state index is 0.187. The third-order valence-electron chi connectivity index (χ3n) is 3.69. The third kappa shape index (κ3) is 2.90. The van der Waals surface area contributed by atoms with Gasteiger partial charge < -0.3 is 5.32 Å². The lowest BCUT2D eigenvalue weighted by Crippen LogP contribution is -2.17. The topological polar surface area (TPSA) is 68.5 Å². The first kappa shape index (κ1) is 13.3. The van der Waals surface area contributed by atoms with Crippen molar-refractivity contribution >= 4 is 17.5 Å². The Morgan fingerprint density at radius 2 is 2.20 bits per heavy atom. The van der Waals surface area contributed by atoms with Crippen LogP contribution in [0.3, 0.4) is 0 Å². The molecule has 0 atom stereocenters. The molecule has 2 aromatic rings. The number of rotatable bonds is 6. The number of hydrogen-bond acceptors (Lipinski definition) is 5. The summed E-state index contributed by atoms with van der Waals surface area (Å²) in [6.45, 7) is 3.11. The highest BCUT2D eigenvalue weighted by atomic mass is 35.5. The van der Waals surface area contributed by atoms with Crippen molar-refractivity contribution in [1.82, 2.24) is 24.5 Å². The third-order valence-corrected chi connectivity index (χ3v) is 3.86. The molecule has 0 aliphatic heterocycles. The summed E-state index contributed by atoms with van der Waals surface area (Å²) < 4.78 is 1.71. The normalized spacial score (nSPS) is 16.1. The molecule has 6 nitrogen and oxygen atoms in total. The molecule has 0 saturated heterocycles. The smallest absolute Gasteiger partial charge is 0.241 e. The van der Waals surface area contributed by atoms with Crippen molar-refractivity contribution in [1.29, 1.82) is 0 Å². The summed E-state index contributed by atoms with van der Waals surface area (Å²) in [4.78, 5) is 16.6. The monoisotopic (exact) mass is 292 g/mol. The lowest BCUT2D eigenvalue weighted by atomic mass is 10.0. The Hall–Kier alpha value is -1.69. The van der Waals surface area contributed by atoms with Crippen molar-refractivity contribution in [2.24, 2.45) is 5.41 Å². The van der Waals surface area contributed by atoms with Crippen LogP contribution in [0.4, 0.5) is 5.95 Å². The number of hydrogen-bond donors (Lipinski definition) is 1. The van der Waals surface area contributed by atoms with Gasteiger partial charge in [-0.1, -0.05) is 13.3 Å². The molecule has 3 rings (SSSR count). The van der Waals surface area contributed by atoms with Crippen molar-refractivity contribution in [3.8, 4) is 5.95 Å². The van der Waals surface area contributed by atoms with E-state index in [1.54, 1.807) is 23.3 Å². The fraction of sp³-hybridized carbons (Fsp3) is 0.538. The molecule has 1 aliphatic carbocycles. The average molecular weight is 293 g/mol. The maximum Gasteiger partial charge on any atom is 0.241 e. The van der Waals surface area contributed by atoms with Crippen molar-refractivity contribution in [2.75, 3.05) is 11.9 Å². The van der Waals surface area contributed by atoms with Crippen LogP contribution in [0.2, 0.25) is 5.28 Å². The zero-order valence-electron chi connectivity index (χ0n) is 11.4. The molecule has 0 spiro atoms. The molecule has 106 valence electrons. The highest BCUT2D eigenvalue weighted by molar-refractivity contribution is 6.28. The van der Waals surface area contributed by atoms with E-state index in [9.17, 15) is 0 Å². The molecule has 0 aromatic carbocycles. The molecule has 0 unspecified atom stereocenters. The fourth-order valence-electron chi connectivity index (χ4n) is 2.40. The van der Waals surface area contributed by atoms with Crippen LogP contribution in [0.5, 0.6) is 0 Å². The fourth-order valence-corrected chi connectivity index (χ4v) is 2.56. The molecule has 0 bridgehead atoms. The molecule has 1 aliphatic rings. The predicted molar refractivity (Wildman–Crippen MR) is 77.0 cm³/mol. The Bertz CT molecular complexity index is 579. The molecule has 1 fully saturated rings. The zero-order chi connectivity index (χ0) is 14.0. The molecule has 1 N–H and O–H groups in total. The van der Waals surface area contributed by atoms with E-state index in [0.717, 1.165) is 6.54 Å². The van der Waals surface area contributed by atoms with Crippen LogP contribution in [0.15, 0.2) is 18.7 Å². The number of nitrogens with zero attached hydrogens (tertiary/aromatic N) is 5. The molecular weight excluding hydrogens is 276 g/mol. The Kier molecular flexibility index (Phi) is 3.56. The molecule has 7 heteroatoms. The first-order valence-corrected chi connectivity index (χ1v) is 7.22. The Morgan fingerprint density at radius 1 is 1.35 bits per heavy atom. The first-order valence-electron chi connectivity index (χ1n) is 6.85. The van der Waals surface area contributed by atoms with Crippen LogP contribution in [0.1, 0.15) is 32.6 Å². The van der Waals surface area contributed by atoms with Gasteiger partial charge in [0.25, 0.3) is 0 Å². The van der Waals surface area contributed by atoms with Gasteiger partial charge in [0.15, 0.2) is 0 Å². The number of imidazole rings is 1. The number of anilines is 1. The molecule has 1 saturated carbocycles. The zero-order valence-corrected chi connectivity index (χ0v) is 12.1. The minimum Gasteiger partial charge on any atom is -0.353 e. The summed E-state index contributed by atoms with van der Waals surface area (Å²) in [6, 6.07) is 0. The summed E-state index contributed by atoms with van der Waals surface area (Å²) in [5, 5.41) is 3.48. The van der Waals surface area contributed by atoms with Gasteiger partial charge in [0, 0.05) is 18.9 Å². The maximum atomic E-state index is 5.96. The van der Waals surface area contributed by atoms with E-state index in [1.165, 1.54) is 25.7 Å². The van der Waals surface area contributed by atoms with Crippen LogP contribution in [-0.4, -0.2) is 31.0 Å². The van der Waals surface area contributed by atoms with Gasteiger partial charge in [-0.15, -0.1) is 0 Å². The molecule has 2 heterocycles. The predicted octanol–water partition coefficient (Wildman–Crippen LogP) is 2.70. The van der Waals surface area contributed by atoms with E-state index in [1.807, 2.05) is 0 Å². The second kappa shape index (κ2) is 5.36. The number of halogens is 1. The highest BCUT2D eigenvalue weighted by Crippen LogP contribution is 2.49. The van der Waals surface area contributed by atoms with Gasteiger partial charge in [-0.3, -0.25) is 4.57 Å². The molecule has 0 amide bonds. The second-order valence-corrected chi connectivity index (χ2v) is 5.64. The van der Waals surface area contributed by atoms with Crippen LogP contribution < -0.4 is 5.32 Å². The summed E-state index contributed by atoms with van der Waals surface area (Å²) in [6.07, 6.45) is 10.1. The number of aromatic nitrogens is 5. The summed E-state index contributed by atoms with van der Waals surface area (Å²) in [5.41, 5.74) is 0.434. The summed E-state index contributed by atoms with van der Waals surface area (Å²) in [5.74, 6) is 1.00. The summed E-state index contributed by atoms with van der Waals surface area (Å²) in [7, 11) is 0. The molecule has 2 aromatic heterocycles. The lowest BCUT2D eigenvalue weighted by molar-refractivity contribution is 0.484. The second-order valence-electron chi connectivity index (χ2n) is 5.30. The van der Waals surface area contributed by atoms with Gasteiger partial charge in [-0.05, 0) is 36.3 Å². The Labute approximate surface area is 122 Å². The van der Waals surface area contributed by atoms with E-state index < -0.39 is 0 Å². The van der Waals surface area contributed by atoms with Crippen LogP contribution in [0.25, 0.3) is 5.95 Å².